The van der Waals surface area contributed by atoms with Gasteiger partial charge in [-0.3, -0.25) is 0 Å². The Bertz CT molecular complexity index is 659. The predicted molar refractivity (Wildman–Crippen MR) is 96.3 cm³/mol. The van der Waals surface area contributed by atoms with Gasteiger partial charge in [0.2, 0.25) is 0 Å². The standard InChI is InChI=1S/C20H26FNO3/c1-3-17(13-23)22-12-15-9-7-11-19(24-4-2)20(15)25-14-16-8-5-6-10-18(16)21/h5-11,17,22-23H,3-4,12-14H2,1-2H3/t17-/m0/s1. The Labute approximate surface area is 148 Å². The predicted octanol–water partition coefficient (Wildman–Crippen LogP) is 3.66. The monoisotopic (exact) mass is 347 g/mol. The molecular formula is C20H26FNO3. The number of para-hydroxylation sites is 1. The SMILES string of the molecule is CCOc1cccc(CN[C@@H](CC)CO)c1OCc1ccccc1F. The Kier molecular flexibility index (Phi) is 7.70. The van der Waals surface area contributed by atoms with E-state index >= 15 is 0 Å². The van der Waals surface area contributed by atoms with Gasteiger partial charge in [0.1, 0.15) is 12.4 Å². The van der Waals surface area contributed by atoms with E-state index < -0.39 is 0 Å². The summed E-state index contributed by atoms with van der Waals surface area (Å²) in [6.07, 6.45) is 0.826. The molecule has 0 heterocycles. The molecule has 0 aromatic heterocycles. The summed E-state index contributed by atoms with van der Waals surface area (Å²) in [5.41, 5.74) is 1.41. The molecule has 0 aliphatic heterocycles. The van der Waals surface area contributed by atoms with Crippen LogP contribution in [0.15, 0.2) is 42.5 Å². The van der Waals surface area contributed by atoms with Gasteiger partial charge in [0.15, 0.2) is 11.5 Å². The van der Waals surface area contributed by atoms with Crippen molar-refractivity contribution in [3.63, 3.8) is 0 Å². The minimum atomic E-state index is -0.289. The maximum atomic E-state index is 13.8. The Hall–Kier alpha value is -2.11. The lowest BCUT2D eigenvalue weighted by Gasteiger charge is -2.19. The number of hydrogen-bond acceptors (Lipinski definition) is 4. The largest absolute Gasteiger partial charge is 0.490 e. The van der Waals surface area contributed by atoms with E-state index in [9.17, 15) is 9.50 Å². The van der Waals surface area contributed by atoms with E-state index in [1.54, 1.807) is 18.2 Å². The van der Waals surface area contributed by atoms with Crippen LogP contribution in [0.4, 0.5) is 4.39 Å². The summed E-state index contributed by atoms with van der Waals surface area (Å²) in [6.45, 7) is 5.17. The summed E-state index contributed by atoms with van der Waals surface area (Å²) < 4.78 is 25.4. The summed E-state index contributed by atoms with van der Waals surface area (Å²) in [5.74, 6) is 0.950. The molecule has 1 atom stereocenters. The first kappa shape index (κ1) is 19.2. The molecule has 0 aliphatic rings. The third-order valence-electron chi connectivity index (χ3n) is 3.98. The van der Waals surface area contributed by atoms with Crippen LogP contribution in [0.25, 0.3) is 0 Å². The van der Waals surface area contributed by atoms with Crippen molar-refractivity contribution in [3.8, 4) is 11.5 Å². The summed E-state index contributed by atoms with van der Waals surface area (Å²) >= 11 is 0. The lowest BCUT2D eigenvalue weighted by atomic mass is 10.1. The second-order valence-electron chi connectivity index (χ2n) is 5.73. The third kappa shape index (κ3) is 5.44. The van der Waals surface area contributed by atoms with Gasteiger partial charge in [-0.15, -0.1) is 0 Å². The fourth-order valence-electron chi connectivity index (χ4n) is 2.49. The quantitative estimate of drug-likeness (QED) is 0.689. The zero-order valence-corrected chi connectivity index (χ0v) is 14.8. The number of aliphatic hydroxyl groups is 1. The molecule has 0 saturated heterocycles. The number of benzene rings is 2. The molecule has 5 heteroatoms. The summed E-state index contributed by atoms with van der Waals surface area (Å²) in [7, 11) is 0. The summed E-state index contributed by atoms with van der Waals surface area (Å²) in [6, 6.07) is 12.3. The van der Waals surface area contributed by atoms with Crippen molar-refractivity contribution in [3.05, 3.63) is 59.4 Å². The molecule has 4 nitrogen and oxygen atoms in total. The summed E-state index contributed by atoms with van der Waals surface area (Å²) in [5, 5.41) is 12.6. The van der Waals surface area contributed by atoms with Crippen LogP contribution in [0.2, 0.25) is 0 Å². The normalized spacial score (nSPS) is 12.0. The molecule has 0 spiro atoms. The smallest absolute Gasteiger partial charge is 0.166 e. The number of hydrogen-bond donors (Lipinski definition) is 2. The van der Waals surface area contributed by atoms with Gasteiger partial charge in [-0.25, -0.2) is 4.39 Å². The maximum Gasteiger partial charge on any atom is 0.166 e. The highest BCUT2D eigenvalue weighted by Crippen LogP contribution is 2.32. The first-order valence-electron chi connectivity index (χ1n) is 8.64. The van der Waals surface area contributed by atoms with Crippen LogP contribution in [-0.2, 0) is 13.2 Å². The van der Waals surface area contributed by atoms with E-state index in [2.05, 4.69) is 5.32 Å². The van der Waals surface area contributed by atoms with Crippen LogP contribution in [0, 0.1) is 5.82 Å². The molecule has 2 aromatic carbocycles. The molecule has 2 aromatic rings. The first-order chi connectivity index (χ1) is 12.2. The van der Waals surface area contributed by atoms with Crippen LogP contribution in [0.3, 0.4) is 0 Å². The fraction of sp³-hybridized carbons (Fsp3) is 0.400. The average Bonchev–Trinajstić information content (AvgIpc) is 2.63. The van der Waals surface area contributed by atoms with Crippen LogP contribution in [0.1, 0.15) is 31.4 Å². The fourth-order valence-corrected chi connectivity index (χ4v) is 2.49. The number of ether oxygens (including phenoxy) is 2. The lowest BCUT2D eigenvalue weighted by molar-refractivity contribution is 0.235. The van der Waals surface area contributed by atoms with Crippen molar-refractivity contribution in [1.29, 1.82) is 0 Å². The average molecular weight is 347 g/mol. The van der Waals surface area contributed by atoms with Crippen LogP contribution in [-0.4, -0.2) is 24.4 Å². The highest BCUT2D eigenvalue weighted by Gasteiger charge is 2.14. The molecule has 0 amide bonds. The second-order valence-corrected chi connectivity index (χ2v) is 5.73. The van der Waals surface area contributed by atoms with Gasteiger partial charge < -0.3 is 19.9 Å². The van der Waals surface area contributed by atoms with E-state index in [0.29, 0.717) is 30.2 Å². The molecule has 0 aliphatic carbocycles. The minimum Gasteiger partial charge on any atom is -0.490 e. The molecule has 136 valence electrons. The van der Waals surface area contributed by atoms with Crippen LogP contribution < -0.4 is 14.8 Å². The summed E-state index contributed by atoms with van der Waals surface area (Å²) in [4.78, 5) is 0. The van der Waals surface area contributed by atoms with Gasteiger partial charge in [0.05, 0.1) is 13.2 Å². The number of aliphatic hydroxyl groups excluding tert-OH is 1. The van der Waals surface area contributed by atoms with E-state index in [1.165, 1.54) is 6.07 Å². The molecule has 2 rings (SSSR count). The van der Waals surface area contributed by atoms with Crippen molar-refractivity contribution in [1.82, 2.24) is 5.32 Å². The van der Waals surface area contributed by atoms with E-state index in [-0.39, 0.29) is 25.1 Å². The van der Waals surface area contributed by atoms with Crippen molar-refractivity contribution >= 4 is 0 Å². The zero-order chi connectivity index (χ0) is 18.1. The highest BCUT2D eigenvalue weighted by molar-refractivity contribution is 5.46. The molecule has 0 radical (unpaired) electrons. The van der Waals surface area contributed by atoms with Crippen LogP contribution >= 0.6 is 0 Å². The zero-order valence-electron chi connectivity index (χ0n) is 14.8. The maximum absolute atomic E-state index is 13.8. The van der Waals surface area contributed by atoms with Gasteiger partial charge in [0.25, 0.3) is 0 Å². The van der Waals surface area contributed by atoms with Crippen LogP contribution in [0.5, 0.6) is 11.5 Å². The van der Waals surface area contributed by atoms with Crippen molar-refractivity contribution in [2.45, 2.75) is 39.5 Å². The van der Waals surface area contributed by atoms with Crippen molar-refractivity contribution < 1.29 is 19.0 Å². The Morgan fingerprint density at radius 2 is 1.80 bits per heavy atom. The van der Waals surface area contributed by atoms with Gasteiger partial charge in [0, 0.05) is 23.7 Å². The number of rotatable bonds is 10. The van der Waals surface area contributed by atoms with Gasteiger partial charge >= 0.3 is 0 Å². The Morgan fingerprint density at radius 3 is 2.48 bits per heavy atom. The van der Waals surface area contributed by atoms with Gasteiger partial charge in [-0.05, 0) is 25.5 Å². The highest BCUT2D eigenvalue weighted by atomic mass is 19.1. The molecule has 0 saturated carbocycles. The lowest BCUT2D eigenvalue weighted by Crippen LogP contribution is -2.31. The number of halogens is 1. The minimum absolute atomic E-state index is 0.0233. The molecule has 2 N–H and O–H groups in total. The Balaban J connectivity index is 2.18. The van der Waals surface area contributed by atoms with Crippen molar-refractivity contribution in [2.75, 3.05) is 13.2 Å². The first-order valence-corrected chi connectivity index (χ1v) is 8.64. The van der Waals surface area contributed by atoms with Gasteiger partial charge in [-0.1, -0.05) is 37.3 Å². The topological polar surface area (TPSA) is 50.7 Å². The van der Waals surface area contributed by atoms with E-state index in [0.717, 1.165) is 12.0 Å². The molecular weight excluding hydrogens is 321 g/mol. The van der Waals surface area contributed by atoms with Crippen molar-refractivity contribution in [2.24, 2.45) is 0 Å². The third-order valence-corrected chi connectivity index (χ3v) is 3.98. The molecule has 25 heavy (non-hydrogen) atoms. The molecule has 0 bridgehead atoms. The molecule has 0 unspecified atom stereocenters. The van der Waals surface area contributed by atoms with E-state index in [1.807, 2.05) is 32.0 Å². The number of nitrogens with one attached hydrogen (secondary N) is 1. The Morgan fingerprint density at radius 1 is 1.04 bits per heavy atom. The van der Waals surface area contributed by atoms with E-state index in [4.69, 9.17) is 9.47 Å². The molecule has 0 fully saturated rings. The second kappa shape index (κ2) is 10.0. The van der Waals surface area contributed by atoms with Gasteiger partial charge in [-0.2, -0.15) is 0 Å².